The Morgan fingerprint density at radius 2 is 1.61 bits per heavy atom. The Balaban J connectivity index is 2.07. The van der Waals surface area contributed by atoms with E-state index in [1.54, 1.807) is 6.07 Å². The van der Waals surface area contributed by atoms with Gasteiger partial charge in [-0.25, -0.2) is 9.18 Å². The molecule has 6 nitrogen and oxygen atoms in total. The number of hydrogen-bond acceptors (Lipinski definition) is 3. The molecule has 0 fully saturated rings. The summed E-state index contributed by atoms with van der Waals surface area (Å²) in [6.45, 7) is 1.24. The van der Waals surface area contributed by atoms with Gasteiger partial charge in [0, 0.05) is 13.3 Å². The van der Waals surface area contributed by atoms with Crippen LogP contribution in [0.3, 0.4) is 0 Å². The van der Waals surface area contributed by atoms with Crippen LogP contribution < -0.4 is 10.6 Å². The normalized spacial score (nSPS) is 12.6. The first-order valence-electron chi connectivity index (χ1n) is 8.94. The molecule has 0 saturated carbocycles. The number of aliphatic carboxylic acids is 1. The molecule has 7 heteroatoms. The third-order valence-corrected chi connectivity index (χ3v) is 4.25. The number of carboxylic acid groups (broad SMARTS) is 1. The summed E-state index contributed by atoms with van der Waals surface area (Å²) >= 11 is 0. The standard InChI is InChI=1S/C21H23FN2O4/c1-14(25)23-19(13-16-9-5-6-10-17(16)22)20(26)24-18(21(27)28)12-11-15-7-3-2-4-8-15/h2-10,18-19H,11-13H2,1H3,(H,23,25)(H,24,26)(H,27,28)/t18-,19+/m0/s1. The fourth-order valence-electron chi connectivity index (χ4n) is 2.82. The molecule has 0 saturated heterocycles. The average molecular weight is 386 g/mol. The van der Waals surface area contributed by atoms with Gasteiger partial charge in [-0.3, -0.25) is 9.59 Å². The third-order valence-electron chi connectivity index (χ3n) is 4.25. The van der Waals surface area contributed by atoms with Gasteiger partial charge in [-0.1, -0.05) is 48.5 Å². The summed E-state index contributed by atoms with van der Waals surface area (Å²) < 4.78 is 13.9. The van der Waals surface area contributed by atoms with E-state index in [-0.39, 0.29) is 18.4 Å². The molecule has 148 valence electrons. The van der Waals surface area contributed by atoms with Gasteiger partial charge in [-0.15, -0.1) is 0 Å². The lowest BCUT2D eigenvalue weighted by molar-refractivity contribution is -0.142. The van der Waals surface area contributed by atoms with Crippen LogP contribution in [-0.4, -0.2) is 35.0 Å². The lowest BCUT2D eigenvalue weighted by Gasteiger charge is -2.21. The molecule has 0 bridgehead atoms. The van der Waals surface area contributed by atoms with Crippen LogP contribution in [-0.2, 0) is 27.2 Å². The topological polar surface area (TPSA) is 95.5 Å². The molecule has 2 rings (SSSR count). The molecule has 0 aromatic heterocycles. The van der Waals surface area contributed by atoms with Gasteiger partial charge in [-0.2, -0.15) is 0 Å². The number of halogens is 1. The van der Waals surface area contributed by atoms with Gasteiger partial charge in [0.25, 0.3) is 0 Å². The van der Waals surface area contributed by atoms with Crippen molar-refractivity contribution in [3.05, 3.63) is 71.5 Å². The van der Waals surface area contributed by atoms with Crippen molar-refractivity contribution in [3.8, 4) is 0 Å². The molecular weight excluding hydrogens is 363 g/mol. The summed E-state index contributed by atoms with van der Waals surface area (Å²) in [5.74, 6) is -2.80. The van der Waals surface area contributed by atoms with Gasteiger partial charge >= 0.3 is 5.97 Å². The molecule has 2 aromatic carbocycles. The van der Waals surface area contributed by atoms with Crippen molar-refractivity contribution in [1.82, 2.24) is 10.6 Å². The Kier molecular flexibility index (Phi) is 7.68. The van der Waals surface area contributed by atoms with E-state index in [1.807, 2.05) is 30.3 Å². The molecule has 0 radical (unpaired) electrons. The number of nitrogens with one attached hydrogen (secondary N) is 2. The van der Waals surface area contributed by atoms with E-state index in [0.717, 1.165) is 5.56 Å². The highest BCUT2D eigenvalue weighted by Gasteiger charge is 2.26. The fourth-order valence-corrected chi connectivity index (χ4v) is 2.82. The van der Waals surface area contributed by atoms with Crippen LogP contribution in [0.25, 0.3) is 0 Å². The summed E-state index contributed by atoms with van der Waals surface area (Å²) in [6, 6.07) is 13.0. The van der Waals surface area contributed by atoms with Crippen molar-refractivity contribution < 1.29 is 23.9 Å². The molecule has 2 aromatic rings. The molecule has 2 atom stereocenters. The van der Waals surface area contributed by atoms with E-state index in [2.05, 4.69) is 10.6 Å². The van der Waals surface area contributed by atoms with E-state index in [0.29, 0.717) is 6.42 Å². The number of hydrogen-bond donors (Lipinski definition) is 3. The SMILES string of the molecule is CC(=O)N[C@H](Cc1ccccc1F)C(=O)N[C@@H](CCc1ccccc1)C(=O)O. The largest absolute Gasteiger partial charge is 0.480 e. The van der Waals surface area contributed by atoms with Crippen LogP contribution in [0.15, 0.2) is 54.6 Å². The lowest BCUT2D eigenvalue weighted by atomic mass is 10.0. The second-order valence-electron chi connectivity index (χ2n) is 6.47. The highest BCUT2D eigenvalue weighted by atomic mass is 19.1. The van der Waals surface area contributed by atoms with E-state index in [1.165, 1.54) is 25.1 Å². The molecule has 28 heavy (non-hydrogen) atoms. The summed E-state index contributed by atoms with van der Waals surface area (Å²) in [4.78, 5) is 35.6. The molecule has 3 N–H and O–H groups in total. The van der Waals surface area contributed by atoms with Gasteiger partial charge in [0.1, 0.15) is 17.9 Å². The van der Waals surface area contributed by atoms with Crippen molar-refractivity contribution in [2.45, 2.75) is 38.3 Å². The van der Waals surface area contributed by atoms with Gasteiger partial charge in [-0.05, 0) is 30.0 Å². The number of carboxylic acids is 1. The molecule has 0 spiro atoms. The molecular formula is C21H23FN2O4. The van der Waals surface area contributed by atoms with Crippen molar-refractivity contribution in [1.29, 1.82) is 0 Å². The van der Waals surface area contributed by atoms with Crippen LogP contribution in [0.5, 0.6) is 0 Å². The highest BCUT2D eigenvalue weighted by molar-refractivity contribution is 5.90. The Morgan fingerprint density at radius 3 is 2.21 bits per heavy atom. The smallest absolute Gasteiger partial charge is 0.326 e. The first-order valence-corrected chi connectivity index (χ1v) is 8.94. The quantitative estimate of drug-likeness (QED) is 0.615. The number of amides is 2. The Hall–Kier alpha value is -3.22. The van der Waals surface area contributed by atoms with Crippen LogP contribution >= 0.6 is 0 Å². The van der Waals surface area contributed by atoms with Gasteiger partial charge in [0.05, 0.1) is 0 Å². The van der Waals surface area contributed by atoms with Crippen LogP contribution in [0.2, 0.25) is 0 Å². The number of benzene rings is 2. The second-order valence-corrected chi connectivity index (χ2v) is 6.47. The molecule has 0 heterocycles. The maximum atomic E-state index is 13.9. The van der Waals surface area contributed by atoms with Crippen molar-refractivity contribution in [2.24, 2.45) is 0 Å². The Morgan fingerprint density at radius 1 is 0.964 bits per heavy atom. The summed E-state index contributed by atoms with van der Waals surface area (Å²) in [7, 11) is 0. The minimum atomic E-state index is -1.17. The predicted octanol–water partition coefficient (Wildman–Crippen LogP) is 2.08. The predicted molar refractivity (Wildman–Crippen MR) is 102 cm³/mol. The Labute approximate surface area is 162 Å². The van der Waals surface area contributed by atoms with Gasteiger partial charge in [0.2, 0.25) is 11.8 Å². The number of carbonyl (C=O) groups is 3. The number of carbonyl (C=O) groups excluding carboxylic acids is 2. The minimum Gasteiger partial charge on any atom is -0.480 e. The summed E-state index contributed by atoms with van der Waals surface area (Å²) in [5, 5.41) is 14.4. The first kappa shape index (κ1) is 21.1. The highest BCUT2D eigenvalue weighted by Crippen LogP contribution is 2.11. The van der Waals surface area contributed by atoms with Crippen molar-refractivity contribution in [2.75, 3.05) is 0 Å². The third kappa shape index (κ3) is 6.50. The monoisotopic (exact) mass is 386 g/mol. The maximum absolute atomic E-state index is 13.9. The summed E-state index contributed by atoms with van der Waals surface area (Å²) in [5.41, 5.74) is 1.21. The van der Waals surface area contributed by atoms with Crippen LogP contribution in [0.1, 0.15) is 24.5 Å². The van der Waals surface area contributed by atoms with E-state index >= 15 is 0 Å². The Bertz CT molecular complexity index is 826. The molecule has 0 aliphatic rings. The lowest BCUT2D eigenvalue weighted by Crippen LogP contribution is -2.52. The zero-order valence-corrected chi connectivity index (χ0v) is 15.5. The first-order chi connectivity index (χ1) is 13.4. The molecule has 0 unspecified atom stereocenters. The van der Waals surface area contributed by atoms with E-state index in [4.69, 9.17) is 0 Å². The number of aryl methyl sites for hydroxylation is 1. The molecule has 0 aliphatic carbocycles. The zero-order chi connectivity index (χ0) is 20.5. The zero-order valence-electron chi connectivity index (χ0n) is 15.5. The number of rotatable bonds is 9. The average Bonchev–Trinajstić information content (AvgIpc) is 2.66. The van der Waals surface area contributed by atoms with E-state index < -0.39 is 35.7 Å². The maximum Gasteiger partial charge on any atom is 0.326 e. The second kappa shape index (κ2) is 10.2. The van der Waals surface area contributed by atoms with Gasteiger partial charge < -0.3 is 15.7 Å². The van der Waals surface area contributed by atoms with Crippen molar-refractivity contribution >= 4 is 17.8 Å². The van der Waals surface area contributed by atoms with Crippen LogP contribution in [0, 0.1) is 5.82 Å². The van der Waals surface area contributed by atoms with Crippen molar-refractivity contribution in [3.63, 3.8) is 0 Å². The molecule has 0 aliphatic heterocycles. The van der Waals surface area contributed by atoms with Crippen LogP contribution in [0.4, 0.5) is 4.39 Å². The molecule has 2 amide bonds. The minimum absolute atomic E-state index is 0.0802. The fraction of sp³-hybridized carbons (Fsp3) is 0.286. The van der Waals surface area contributed by atoms with E-state index in [9.17, 15) is 23.9 Å². The summed E-state index contributed by atoms with van der Waals surface area (Å²) in [6.07, 6.45) is 0.580. The van der Waals surface area contributed by atoms with Gasteiger partial charge in [0.15, 0.2) is 0 Å².